The topological polar surface area (TPSA) is 141 Å². The number of rotatable bonds is 6. The zero-order valence-electron chi connectivity index (χ0n) is 16.1. The summed E-state index contributed by atoms with van der Waals surface area (Å²) < 4.78 is 28.7. The van der Waals surface area contributed by atoms with Crippen molar-refractivity contribution in [2.24, 2.45) is 11.7 Å². The van der Waals surface area contributed by atoms with Crippen LogP contribution in [0.4, 0.5) is 5.95 Å². The van der Waals surface area contributed by atoms with Crippen molar-refractivity contribution in [1.82, 2.24) is 14.7 Å². The molecular weight excluding hydrogens is 414 g/mol. The normalized spacial score (nSPS) is 19.8. The number of benzene rings is 1. The van der Waals surface area contributed by atoms with Crippen molar-refractivity contribution < 1.29 is 13.2 Å². The molecule has 1 aliphatic carbocycles. The summed E-state index contributed by atoms with van der Waals surface area (Å²) in [4.78, 5) is 19.2. The van der Waals surface area contributed by atoms with Gasteiger partial charge in [0.2, 0.25) is 21.9 Å². The van der Waals surface area contributed by atoms with Gasteiger partial charge in [-0.25, -0.2) is 23.1 Å². The van der Waals surface area contributed by atoms with Crippen molar-refractivity contribution in [3.8, 4) is 11.1 Å². The zero-order chi connectivity index (χ0) is 21.2. The third-order valence-electron chi connectivity index (χ3n) is 5.19. The third kappa shape index (κ3) is 5.23. The van der Waals surface area contributed by atoms with Crippen LogP contribution in [0.5, 0.6) is 0 Å². The molecule has 1 aliphatic rings. The van der Waals surface area contributed by atoms with Gasteiger partial charge < -0.3 is 11.5 Å². The SMILES string of the molecule is Cc1nc(N)ncc1-c1ccc(Cl)c(S(=O)(=O)NC2CCC(CC(N)=O)CC2)c1. The summed E-state index contributed by atoms with van der Waals surface area (Å²) in [5.74, 6) is 0.0508. The van der Waals surface area contributed by atoms with Crippen LogP contribution in [-0.2, 0) is 14.8 Å². The largest absolute Gasteiger partial charge is 0.370 e. The molecule has 2 aromatic rings. The molecule has 3 rings (SSSR count). The number of halogens is 1. The van der Waals surface area contributed by atoms with Gasteiger partial charge in [0.15, 0.2) is 0 Å². The molecule has 5 N–H and O–H groups in total. The van der Waals surface area contributed by atoms with Gasteiger partial charge in [0.25, 0.3) is 0 Å². The molecule has 8 nitrogen and oxygen atoms in total. The average Bonchev–Trinajstić information content (AvgIpc) is 2.63. The molecule has 0 bridgehead atoms. The van der Waals surface area contributed by atoms with Crippen LogP contribution in [0.15, 0.2) is 29.3 Å². The van der Waals surface area contributed by atoms with Crippen LogP contribution in [0.25, 0.3) is 11.1 Å². The highest BCUT2D eigenvalue weighted by Crippen LogP contribution is 2.31. The Hall–Kier alpha value is -2.23. The number of sulfonamides is 1. The van der Waals surface area contributed by atoms with Crippen molar-refractivity contribution in [1.29, 1.82) is 0 Å². The molecule has 1 aromatic carbocycles. The van der Waals surface area contributed by atoms with Crippen LogP contribution in [0.2, 0.25) is 5.02 Å². The number of anilines is 1. The number of amides is 1. The minimum absolute atomic E-state index is 0.00662. The molecule has 0 spiro atoms. The molecule has 0 radical (unpaired) electrons. The first-order valence-corrected chi connectivity index (χ1v) is 11.2. The van der Waals surface area contributed by atoms with Gasteiger partial charge in [-0.1, -0.05) is 17.7 Å². The van der Waals surface area contributed by atoms with Crippen molar-refractivity contribution in [2.45, 2.75) is 50.0 Å². The van der Waals surface area contributed by atoms with Gasteiger partial charge in [-0.2, -0.15) is 0 Å². The lowest BCUT2D eigenvalue weighted by molar-refractivity contribution is -0.119. The predicted octanol–water partition coefficient (Wildman–Crippen LogP) is 2.40. The van der Waals surface area contributed by atoms with Crippen molar-refractivity contribution >= 4 is 33.5 Å². The number of nitrogens with zero attached hydrogens (tertiary/aromatic N) is 2. The highest BCUT2D eigenvalue weighted by atomic mass is 35.5. The van der Waals surface area contributed by atoms with Gasteiger partial charge in [0.1, 0.15) is 4.90 Å². The average molecular weight is 438 g/mol. The van der Waals surface area contributed by atoms with Gasteiger partial charge in [-0.05, 0) is 56.2 Å². The van der Waals surface area contributed by atoms with Crippen LogP contribution >= 0.6 is 11.6 Å². The van der Waals surface area contributed by atoms with Crippen LogP contribution in [0, 0.1) is 12.8 Å². The lowest BCUT2D eigenvalue weighted by Crippen LogP contribution is -2.38. The van der Waals surface area contributed by atoms with Crippen LogP contribution in [0.3, 0.4) is 0 Å². The van der Waals surface area contributed by atoms with E-state index in [1.807, 2.05) is 0 Å². The van der Waals surface area contributed by atoms with Crippen molar-refractivity contribution in [3.63, 3.8) is 0 Å². The van der Waals surface area contributed by atoms with E-state index in [1.165, 1.54) is 6.07 Å². The van der Waals surface area contributed by atoms with Crippen LogP contribution in [0.1, 0.15) is 37.8 Å². The summed E-state index contributed by atoms with van der Waals surface area (Å²) in [6.45, 7) is 1.78. The quantitative estimate of drug-likeness (QED) is 0.633. The number of aromatic nitrogens is 2. The maximum Gasteiger partial charge on any atom is 0.242 e. The molecule has 10 heteroatoms. The molecule has 29 heavy (non-hydrogen) atoms. The van der Waals surface area contributed by atoms with Gasteiger partial charge in [0.05, 0.1) is 10.7 Å². The minimum Gasteiger partial charge on any atom is -0.370 e. The number of carbonyl (C=O) groups excluding carboxylic acids is 1. The summed E-state index contributed by atoms with van der Waals surface area (Å²) in [5, 5.41) is 0.137. The molecule has 1 fully saturated rings. The van der Waals surface area contributed by atoms with E-state index in [0.717, 1.165) is 12.8 Å². The Labute approximate surface area is 175 Å². The summed E-state index contributed by atoms with van der Waals surface area (Å²) >= 11 is 6.21. The number of nitrogen functional groups attached to an aromatic ring is 1. The number of carbonyl (C=O) groups is 1. The molecule has 0 aliphatic heterocycles. The minimum atomic E-state index is -3.82. The zero-order valence-corrected chi connectivity index (χ0v) is 17.6. The van der Waals surface area contributed by atoms with Gasteiger partial charge in [-0.3, -0.25) is 4.79 Å². The van der Waals surface area contributed by atoms with E-state index in [0.29, 0.717) is 36.1 Å². The van der Waals surface area contributed by atoms with Gasteiger partial charge in [-0.15, -0.1) is 0 Å². The Morgan fingerprint density at radius 1 is 1.28 bits per heavy atom. The predicted molar refractivity (Wildman–Crippen MR) is 112 cm³/mol. The Balaban J connectivity index is 1.79. The second-order valence-corrected chi connectivity index (χ2v) is 9.47. The summed E-state index contributed by atoms with van der Waals surface area (Å²) in [5.41, 5.74) is 12.8. The van der Waals surface area contributed by atoms with E-state index in [9.17, 15) is 13.2 Å². The molecule has 156 valence electrons. The summed E-state index contributed by atoms with van der Waals surface area (Å²) in [6.07, 6.45) is 4.72. The van der Waals surface area contributed by atoms with E-state index in [1.54, 1.807) is 25.3 Å². The first kappa shape index (κ1) is 21.5. The second kappa shape index (κ2) is 8.64. The maximum atomic E-state index is 13.0. The van der Waals surface area contributed by atoms with Crippen molar-refractivity contribution in [2.75, 3.05) is 5.73 Å². The molecular formula is C19H24ClN5O3S. The number of nitrogens with two attached hydrogens (primary N) is 2. The second-order valence-electron chi connectivity index (χ2n) is 7.38. The van der Waals surface area contributed by atoms with Crippen molar-refractivity contribution in [3.05, 3.63) is 35.1 Å². The Kier molecular flexibility index (Phi) is 6.40. The number of hydrogen-bond donors (Lipinski definition) is 3. The Morgan fingerprint density at radius 3 is 2.59 bits per heavy atom. The first-order valence-electron chi connectivity index (χ1n) is 9.35. The third-order valence-corrected chi connectivity index (χ3v) is 7.19. The fourth-order valence-corrected chi connectivity index (χ4v) is 5.53. The lowest BCUT2D eigenvalue weighted by atomic mass is 9.84. The number of aryl methyl sites for hydroxylation is 1. The smallest absolute Gasteiger partial charge is 0.242 e. The monoisotopic (exact) mass is 437 g/mol. The summed E-state index contributed by atoms with van der Waals surface area (Å²) in [7, 11) is -3.82. The molecule has 0 unspecified atom stereocenters. The highest BCUT2D eigenvalue weighted by Gasteiger charge is 2.28. The fourth-order valence-electron chi connectivity index (χ4n) is 3.70. The van der Waals surface area contributed by atoms with Crippen LogP contribution in [-0.4, -0.2) is 30.3 Å². The highest BCUT2D eigenvalue weighted by molar-refractivity contribution is 7.89. The standard InChI is InChI=1S/C19H24ClN5O3S/c1-11-15(10-23-19(22)24-11)13-4-7-16(20)17(9-13)29(27,28)25-14-5-2-12(3-6-14)8-18(21)26/h4,7,9-10,12,14,25H,2-3,5-6,8H2,1H3,(H2,21,26)(H2,22,23,24). The van der Waals surface area contributed by atoms with E-state index >= 15 is 0 Å². The summed E-state index contributed by atoms with van der Waals surface area (Å²) in [6, 6.07) is 4.58. The molecule has 1 heterocycles. The first-order chi connectivity index (χ1) is 13.7. The molecule has 0 saturated heterocycles. The van der Waals surface area contributed by atoms with Crippen LogP contribution < -0.4 is 16.2 Å². The Morgan fingerprint density at radius 2 is 1.97 bits per heavy atom. The molecule has 1 amide bonds. The fraction of sp³-hybridized carbons (Fsp3) is 0.421. The Bertz CT molecular complexity index is 1020. The molecule has 1 aromatic heterocycles. The van der Waals surface area contributed by atoms with E-state index in [4.69, 9.17) is 23.1 Å². The van der Waals surface area contributed by atoms with Gasteiger partial charge >= 0.3 is 0 Å². The molecule has 0 atom stereocenters. The van der Waals surface area contributed by atoms with E-state index < -0.39 is 10.0 Å². The van der Waals surface area contributed by atoms with E-state index in [2.05, 4.69) is 14.7 Å². The number of hydrogen-bond acceptors (Lipinski definition) is 6. The number of primary amides is 1. The number of nitrogens with one attached hydrogen (secondary N) is 1. The molecule has 1 saturated carbocycles. The van der Waals surface area contributed by atoms with E-state index in [-0.39, 0.29) is 33.7 Å². The van der Waals surface area contributed by atoms with Gasteiger partial charge in [0, 0.05) is 24.2 Å². The lowest BCUT2D eigenvalue weighted by Gasteiger charge is -2.28. The maximum absolute atomic E-state index is 13.0.